The Labute approximate surface area is 140 Å². The average Bonchev–Trinajstić information content (AvgIpc) is 3.06. The zero-order chi connectivity index (χ0) is 17.3. The highest BCUT2D eigenvalue weighted by Gasteiger charge is 2.31. The molecule has 0 unspecified atom stereocenters. The van der Waals surface area contributed by atoms with E-state index in [1.807, 2.05) is 44.4 Å². The van der Waals surface area contributed by atoms with Gasteiger partial charge < -0.3 is 4.90 Å². The fraction of sp³-hybridized carbons (Fsp3) is 0.812. The smallest absolute Gasteiger partial charge is 0.244 e. The summed E-state index contributed by atoms with van der Waals surface area (Å²) >= 11 is 0. The van der Waals surface area contributed by atoms with E-state index in [1.54, 1.807) is 6.20 Å². The van der Waals surface area contributed by atoms with Gasteiger partial charge in [-0.2, -0.15) is 5.10 Å². The lowest BCUT2D eigenvalue weighted by Gasteiger charge is -2.18. The molecular formula is C16H30N4O2S. The van der Waals surface area contributed by atoms with Gasteiger partial charge in [0.2, 0.25) is 10.0 Å². The minimum atomic E-state index is -3.54. The molecule has 1 aliphatic carbocycles. The van der Waals surface area contributed by atoms with Crippen molar-refractivity contribution in [3.8, 4) is 0 Å². The number of likely N-dealkylation sites (N-methyl/N-ethyl adjacent to an activating group) is 1. The van der Waals surface area contributed by atoms with Gasteiger partial charge in [-0.15, -0.1) is 0 Å². The summed E-state index contributed by atoms with van der Waals surface area (Å²) in [5.74, 6) is 0. The van der Waals surface area contributed by atoms with E-state index >= 15 is 0 Å². The number of sulfonamides is 1. The minimum Gasteiger partial charge on any atom is -0.308 e. The molecule has 0 atom stereocenters. The second-order valence-corrected chi connectivity index (χ2v) is 9.45. The molecule has 0 aliphatic heterocycles. The molecule has 0 radical (unpaired) electrons. The van der Waals surface area contributed by atoms with Gasteiger partial charge in [0.15, 0.2) is 0 Å². The summed E-state index contributed by atoms with van der Waals surface area (Å²) < 4.78 is 30.0. The highest BCUT2D eigenvalue weighted by Crippen LogP contribution is 2.33. The van der Waals surface area contributed by atoms with Crippen molar-refractivity contribution in [2.45, 2.75) is 62.8 Å². The molecule has 6 nitrogen and oxygen atoms in total. The predicted molar refractivity (Wildman–Crippen MR) is 92.2 cm³/mol. The van der Waals surface area contributed by atoms with Gasteiger partial charge in [0.1, 0.15) is 4.90 Å². The quantitative estimate of drug-likeness (QED) is 0.860. The summed E-state index contributed by atoms with van der Waals surface area (Å²) in [6.07, 6.45) is 6.28. The van der Waals surface area contributed by atoms with Gasteiger partial charge in [0.05, 0.1) is 11.7 Å². The van der Waals surface area contributed by atoms with Gasteiger partial charge in [-0.25, -0.2) is 13.1 Å². The summed E-state index contributed by atoms with van der Waals surface area (Å²) in [5.41, 5.74) is 0.344. The Morgan fingerprint density at radius 1 is 1.30 bits per heavy atom. The molecule has 1 heterocycles. The van der Waals surface area contributed by atoms with Crippen molar-refractivity contribution in [3.63, 3.8) is 0 Å². The van der Waals surface area contributed by atoms with E-state index in [4.69, 9.17) is 0 Å². The predicted octanol–water partition coefficient (Wildman–Crippen LogP) is 2.14. The fourth-order valence-electron chi connectivity index (χ4n) is 2.93. The fourth-order valence-corrected chi connectivity index (χ4v) is 4.29. The highest BCUT2D eigenvalue weighted by molar-refractivity contribution is 7.89. The lowest BCUT2D eigenvalue weighted by molar-refractivity contribution is 0.412. The molecule has 0 bridgehead atoms. The molecule has 1 N–H and O–H groups in total. The van der Waals surface area contributed by atoms with Crippen LogP contribution in [0, 0.1) is 0 Å². The lowest BCUT2D eigenvalue weighted by atomic mass is 9.92. The molecule has 1 fully saturated rings. The Bertz CT molecular complexity index is 623. The van der Waals surface area contributed by atoms with Gasteiger partial charge >= 0.3 is 0 Å². The van der Waals surface area contributed by atoms with E-state index in [0.717, 1.165) is 12.8 Å². The Morgan fingerprint density at radius 2 is 1.91 bits per heavy atom. The first-order valence-corrected chi connectivity index (χ1v) is 9.83. The summed E-state index contributed by atoms with van der Waals surface area (Å²) in [7, 11) is 0.309. The Morgan fingerprint density at radius 3 is 2.43 bits per heavy atom. The van der Waals surface area contributed by atoms with Crippen LogP contribution in [0.4, 0.5) is 0 Å². The first-order valence-electron chi connectivity index (χ1n) is 8.35. The van der Waals surface area contributed by atoms with E-state index in [1.165, 1.54) is 12.8 Å². The van der Waals surface area contributed by atoms with Crippen LogP contribution in [0.5, 0.6) is 0 Å². The maximum absolute atomic E-state index is 12.7. The number of aromatic nitrogens is 2. The molecule has 23 heavy (non-hydrogen) atoms. The summed E-state index contributed by atoms with van der Waals surface area (Å²) in [6, 6.07) is 0.335. The number of nitrogens with one attached hydrogen (secondary N) is 1. The van der Waals surface area contributed by atoms with Crippen LogP contribution in [0.1, 0.15) is 58.2 Å². The Kier molecular flexibility index (Phi) is 5.53. The van der Waals surface area contributed by atoms with E-state index in [-0.39, 0.29) is 5.41 Å². The van der Waals surface area contributed by atoms with Crippen molar-refractivity contribution in [3.05, 3.63) is 11.9 Å². The van der Waals surface area contributed by atoms with Crippen molar-refractivity contribution < 1.29 is 8.42 Å². The number of nitrogens with zero attached hydrogens (tertiary/aromatic N) is 3. The lowest BCUT2D eigenvalue weighted by Crippen LogP contribution is -2.32. The van der Waals surface area contributed by atoms with Crippen LogP contribution in [-0.4, -0.2) is 50.3 Å². The molecule has 7 heteroatoms. The topological polar surface area (TPSA) is 67.2 Å². The number of hydrogen-bond donors (Lipinski definition) is 1. The summed E-state index contributed by atoms with van der Waals surface area (Å²) in [6.45, 7) is 7.09. The van der Waals surface area contributed by atoms with Crippen LogP contribution in [0.25, 0.3) is 0 Å². The van der Waals surface area contributed by atoms with Gasteiger partial charge in [-0.3, -0.25) is 4.68 Å². The molecule has 2 rings (SSSR count). The molecule has 0 spiro atoms. The van der Waals surface area contributed by atoms with Crippen molar-refractivity contribution in [2.75, 3.05) is 27.2 Å². The van der Waals surface area contributed by atoms with Crippen LogP contribution < -0.4 is 4.72 Å². The van der Waals surface area contributed by atoms with Crippen LogP contribution in [0.2, 0.25) is 0 Å². The maximum atomic E-state index is 12.7. The van der Waals surface area contributed by atoms with Gasteiger partial charge in [-0.05, 0) is 26.9 Å². The molecule has 1 aromatic rings. The normalized spacial score (nSPS) is 17.3. The first kappa shape index (κ1) is 18.4. The second kappa shape index (κ2) is 6.91. The standard InChI is InChI=1S/C16H30N4O2S/c1-16(2,3)15-14(23(21,22)17-10-11-19(4)5)12-20(18-15)13-8-6-7-9-13/h12-13,17H,6-11H2,1-5H3. The Balaban J connectivity index is 2.31. The third-order valence-corrected chi connectivity index (χ3v) is 5.71. The van der Waals surface area contributed by atoms with E-state index in [9.17, 15) is 8.42 Å². The van der Waals surface area contributed by atoms with Crippen LogP contribution in [0.15, 0.2) is 11.1 Å². The monoisotopic (exact) mass is 342 g/mol. The molecule has 1 aliphatic rings. The summed E-state index contributed by atoms with van der Waals surface area (Å²) in [5, 5.41) is 4.66. The van der Waals surface area contributed by atoms with Gasteiger partial charge in [-0.1, -0.05) is 33.6 Å². The minimum absolute atomic E-state index is 0.310. The largest absolute Gasteiger partial charge is 0.308 e. The number of rotatable bonds is 6. The average molecular weight is 343 g/mol. The molecule has 1 saturated carbocycles. The molecule has 0 saturated heterocycles. The molecule has 0 amide bonds. The third-order valence-electron chi connectivity index (χ3n) is 4.25. The van der Waals surface area contributed by atoms with Crippen molar-refractivity contribution in [1.29, 1.82) is 0 Å². The van der Waals surface area contributed by atoms with Crippen LogP contribution >= 0.6 is 0 Å². The maximum Gasteiger partial charge on any atom is 0.244 e. The summed E-state index contributed by atoms with van der Waals surface area (Å²) in [4.78, 5) is 2.28. The van der Waals surface area contributed by atoms with E-state index < -0.39 is 10.0 Å². The number of hydrogen-bond acceptors (Lipinski definition) is 4. The van der Waals surface area contributed by atoms with E-state index in [2.05, 4.69) is 9.82 Å². The van der Waals surface area contributed by atoms with Crippen LogP contribution in [0.3, 0.4) is 0 Å². The van der Waals surface area contributed by atoms with E-state index in [0.29, 0.717) is 29.7 Å². The van der Waals surface area contributed by atoms with Gasteiger partial charge in [0.25, 0.3) is 0 Å². The van der Waals surface area contributed by atoms with Crippen molar-refractivity contribution in [1.82, 2.24) is 19.4 Å². The molecular weight excluding hydrogens is 312 g/mol. The zero-order valence-corrected chi connectivity index (χ0v) is 15.8. The zero-order valence-electron chi connectivity index (χ0n) is 15.0. The SMILES string of the molecule is CN(C)CCNS(=O)(=O)c1cn(C2CCCC2)nc1C(C)(C)C. The van der Waals surface area contributed by atoms with Crippen molar-refractivity contribution in [2.24, 2.45) is 0 Å². The molecule has 132 valence electrons. The highest BCUT2D eigenvalue weighted by atomic mass is 32.2. The molecule has 1 aromatic heterocycles. The second-order valence-electron chi connectivity index (χ2n) is 7.71. The van der Waals surface area contributed by atoms with Crippen molar-refractivity contribution >= 4 is 10.0 Å². The Hall–Kier alpha value is -0.920. The molecule has 0 aromatic carbocycles. The van der Waals surface area contributed by atoms with Gasteiger partial charge in [0, 0.05) is 24.7 Å². The van der Waals surface area contributed by atoms with Crippen LogP contribution in [-0.2, 0) is 15.4 Å². The first-order chi connectivity index (χ1) is 10.6. The third kappa shape index (κ3) is 4.55.